The number of hydrogen-bond donors (Lipinski definition) is 1. The number of imidazole rings is 1. The Kier molecular flexibility index (Phi) is 4.39. The monoisotopic (exact) mass is 417 g/mol. The van der Waals surface area contributed by atoms with Crippen molar-refractivity contribution in [2.75, 3.05) is 4.90 Å². The van der Waals surface area contributed by atoms with Crippen LogP contribution in [0.2, 0.25) is 0 Å². The van der Waals surface area contributed by atoms with Crippen LogP contribution < -0.4 is 4.90 Å². The van der Waals surface area contributed by atoms with Gasteiger partial charge in [0.25, 0.3) is 0 Å². The van der Waals surface area contributed by atoms with E-state index >= 15 is 0 Å². The van der Waals surface area contributed by atoms with E-state index in [1.807, 2.05) is 58.0 Å². The van der Waals surface area contributed by atoms with E-state index in [4.69, 9.17) is 9.97 Å². The predicted molar refractivity (Wildman–Crippen MR) is 119 cm³/mol. The average Bonchev–Trinajstić information content (AvgIpc) is 3.39. The Labute approximate surface area is 181 Å². The van der Waals surface area contributed by atoms with Crippen molar-refractivity contribution in [2.24, 2.45) is 0 Å². The van der Waals surface area contributed by atoms with Gasteiger partial charge in [-0.05, 0) is 71.2 Å². The van der Waals surface area contributed by atoms with Gasteiger partial charge in [0.1, 0.15) is 17.3 Å². The molecule has 4 heterocycles. The lowest BCUT2D eigenvalue weighted by molar-refractivity contribution is 0.195. The molecular formula is C24H27N5O2. The lowest BCUT2D eigenvalue weighted by Gasteiger charge is -2.32. The third-order valence-corrected chi connectivity index (χ3v) is 6.31. The number of aryl methyl sites for hydroxylation is 1. The Morgan fingerprint density at radius 3 is 2.71 bits per heavy atom. The van der Waals surface area contributed by atoms with Crippen LogP contribution in [0.3, 0.4) is 0 Å². The first kappa shape index (κ1) is 19.7. The number of aromatic nitrogens is 4. The van der Waals surface area contributed by atoms with Crippen molar-refractivity contribution in [3.8, 4) is 22.6 Å². The summed E-state index contributed by atoms with van der Waals surface area (Å²) in [6.07, 6.45) is 4.14. The Balaban J connectivity index is 1.71. The van der Waals surface area contributed by atoms with Gasteiger partial charge in [0.2, 0.25) is 0 Å². The molecular weight excluding hydrogens is 390 g/mol. The maximum atomic E-state index is 12.0. The zero-order valence-corrected chi connectivity index (χ0v) is 18.3. The lowest BCUT2D eigenvalue weighted by atomic mass is 10.0. The van der Waals surface area contributed by atoms with Crippen LogP contribution >= 0.6 is 0 Å². The zero-order chi connectivity index (χ0) is 21.9. The second-order valence-electron chi connectivity index (χ2n) is 9.56. The van der Waals surface area contributed by atoms with Crippen molar-refractivity contribution in [3.05, 3.63) is 48.0 Å². The molecule has 3 aromatic heterocycles. The molecule has 7 heteroatoms. The van der Waals surface area contributed by atoms with Gasteiger partial charge >= 0.3 is 6.09 Å². The molecule has 3 aromatic rings. The van der Waals surface area contributed by atoms with Crippen molar-refractivity contribution in [1.29, 1.82) is 0 Å². The first-order valence-electron chi connectivity index (χ1n) is 10.8. The number of anilines is 1. The highest BCUT2D eigenvalue weighted by molar-refractivity contribution is 5.88. The molecule has 5 rings (SSSR count). The first-order chi connectivity index (χ1) is 14.7. The summed E-state index contributed by atoms with van der Waals surface area (Å²) >= 11 is 0. The molecule has 1 fully saturated rings. The van der Waals surface area contributed by atoms with Crippen LogP contribution in [-0.4, -0.2) is 36.3 Å². The van der Waals surface area contributed by atoms with Crippen molar-refractivity contribution in [3.63, 3.8) is 0 Å². The zero-order valence-electron chi connectivity index (χ0n) is 18.3. The minimum atomic E-state index is -1.02. The molecule has 1 aliphatic carbocycles. The largest absolute Gasteiger partial charge is 0.465 e. The summed E-state index contributed by atoms with van der Waals surface area (Å²) in [6.45, 7) is 7.59. The quantitative estimate of drug-likeness (QED) is 0.615. The number of pyridine rings is 2. The second kappa shape index (κ2) is 6.90. The summed E-state index contributed by atoms with van der Waals surface area (Å²) < 4.78 is 2.37. The molecule has 2 aliphatic rings. The molecule has 160 valence electrons. The Morgan fingerprint density at radius 2 is 2.00 bits per heavy atom. The molecule has 1 saturated carbocycles. The minimum Gasteiger partial charge on any atom is -0.465 e. The molecule has 1 aliphatic heterocycles. The number of carboxylic acid groups (broad SMARTS) is 1. The Morgan fingerprint density at radius 1 is 1.19 bits per heavy atom. The standard InChI is InChI=1S/C24H27N5O2/c1-14-6-5-7-18(26-14)20-21(28-17-9-8-16(12-17)22(28)27-20)15-10-11-25-19(13-15)29(23(30)31)24(2,3)4/h5-7,10-11,13,16-17H,8-9,12H2,1-4H3,(H,30,31). The maximum Gasteiger partial charge on any atom is 0.413 e. The van der Waals surface area contributed by atoms with E-state index in [1.165, 1.54) is 11.3 Å². The molecule has 2 unspecified atom stereocenters. The highest BCUT2D eigenvalue weighted by atomic mass is 16.4. The number of nitrogens with zero attached hydrogens (tertiary/aromatic N) is 5. The van der Waals surface area contributed by atoms with E-state index in [0.29, 0.717) is 17.8 Å². The third kappa shape index (κ3) is 3.19. The maximum absolute atomic E-state index is 12.0. The van der Waals surface area contributed by atoms with Crippen LogP contribution in [0.1, 0.15) is 63.5 Å². The lowest BCUT2D eigenvalue weighted by Crippen LogP contribution is -2.45. The van der Waals surface area contributed by atoms with Crippen molar-refractivity contribution in [2.45, 2.75) is 64.5 Å². The molecule has 0 spiro atoms. The molecule has 0 aromatic carbocycles. The molecule has 0 radical (unpaired) electrons. The molecule has 2 atom stereocenters. The van der Waals surface area contributed by atoms with E-state index in [-0.39, 0.29) is 0 Å². The SMILES string of the molecule is Cc1cccc(-c2nc3n(c2-c2ccnc(N(C(=O)O)C(C)(C)C)c2)C2CCC3C2)n1. The molecule has 0 saturated heterocycles. The second-order valence-corrected chi connectivity index (χ2v) is 9.56. The molecule has 2 bridgehead atoms. The normalized spacial score (nSPS) is 19.5. The topological polar surface area (TPSA) is 84.1 Å². The van der Waals surface area contributed by atoms with Crippen LogP contribution in [0.4, 0.5) is 10.6 Å². The van der Waals surface area contributed by atoms with Crippen LogP contribution in [0.15, 0.2) is 36.5 Å². The van der Waals surface area contributed by atoms with E-state index in [9.17, 15) is 9.90 Å². The molecule has 1 amide bonds. The summed E-state index contributed by atoms with van der Waals surface area (Å²) in [7, 11) is 0. The van der Waals surface area contributed by atoms with Gasteiger partial charge in [-0.1, -0.05) is 6.07 Å². The van der Waals surface area contributed by atoms with Crippen molar-refractivity contribution >= 4 is 11.9 Å². The average molecular weight is 418 g/mol. The minimum absolute atomic E-state index is 0.416. The van der Waals surface area contributed by atoms with Gasteiger partial charge in [-0.2, -0.15) is 0 Å². The molecule has 7 nitrogen and oxygen atoms in total. The van der Waals surface area contributed by atoms with Gasteiger partial charge in [-0.3, -0.25) is 9.88 Å². The van der Waals surface area contributed by atoms with Gasteiger partial charge in [0.05, 0.1) is 11.4 Å². The number of rotatable bonds is 3. The summed E-state index contributed by atoms with van der Waals surface area (Å²) in [5.41, 5.74) is 3.98. The van der Waals surface area contributed by atoms with Gasteiger partial charge in [0.15, 0.2) is 0 Å². The number of hydrogen-bond acceptors (Lipinski definition) is 4. The smallest absolute Gasteiger partial charge is 0.413 e. The van der Waals surface area contributed by atoms with Crippen LogP contribution in [0, 0.1) is 6.92 Å². The van der Waals surface area contributed by atoms with Crippen LogP contribution in [0.25, 0.3) is 22.6 Å². The van der Waals surface area contributed by atoms with E-state index < -0.39 is 11.6 Å². The Hall–Kier alpha value is -3.22. The summed E-state index contributed by atoms with van der Waals surface area (Å²) in [5, 5.41) is 9.85. The summed E-state index contributed by atoms with van der Waals surface area (Å²) in [6, 6.07) is 10.2. The van der Waals surface area contributed by atoms with Gasteiger partial charge in [0, 0.05) is 35.0 Å². The fraction of sp³-hybridized carbons (Fsp3) is 0.417. The van der Waals surface area contributed by atoms with Gasteiger partial charge in [-0.15, -0.1) is 0 Å². The first-order valence-corrected chi connectivity index (χ1v) is 10.8. The highest BCUT2D eigenvalue weighted by Gasteiger charge is 2.41. The van der Waals surface area contributed by atoms with Crippen molar-refractivity contribution in [1.82, 2.24) is 19.5 Å². The van der Waals surface area contributed by atoms with Gasteiger partial charge in [-0.25, -0.2) is 14.8 Å². The number of carbonyl (C=O) groups is 1. The Bertz CT molecular complexity index is 1180. The summed E-state index contributed by atoms with van der Waals surface area (Å²) in [4.78, 5) is 27.5. The number of fused-ring (bicyclic) bond motifs is 5. The van der Waals surface area contributed by atoms with E-state index in [2.05, 4.69) is 9.55 Å². The van der Waals surface area contributed by atoms with E-state index in [0.717, 1.165) is 47.0 Å². The molecule has 1 N–H and O–H groups in total. The fourth-order valence-electron chi connectivity index (χ4n) is 5.08. The molecule has 31 heavy (non-hydrogen) atoms. The van der Waals surface area contributed by atoms with Crippen LogP contribution in [-0.2, 0) is 0 Å². The predicted octanol–water partition coefficient (Wildman–Crippen LogP) is 5.42. The number of amides is 1. The fourth-order valence-corrected chi connectivity index (χ4v) is 5.08. The highest BCUT2D eigenvalue weighted by Crippen LogP contribution is 2.52. The van der Waals surface area contributed by atoms with Gasteiger partial charge < -0.3 is 9.67 Å². The van der Waals surface area contributed by atoms with Crippen molar-refractivity contribution < 1.29 is 9.90 Å². The van der Waals surface area contributed by atoms with E-state index in [1.54, 1.807) is 6.20 Å². The summed E-state index contributed by atoms with van der Waals surface area (Å²) in [5.74, 6) is 2.04. The van der Waals surface area contributed by atoms with Crippen LogP contribution in [0.5, 0.6) is 0 Å². The third-order valence-electron chi connectivity index (χ3n) is 6.31.